The van der Waals surface area contributed by atoms with Crippen molar-refractivity contribution >= 4 is 17.8 Å². The Kier molecular flexibility index (Phi) is 5.80. The molecule has 2 N–H and O–H groups in total. The lowest BCUT2D eigenvalue weighted by atomic mass is 9.88. The molecule has 0 radical (unpaired) electrons. The topological polar surface area (TPSA) is 86.7 Å². The van der Waals surface area contributed by atoms with Crippen molar-refractivity contribution in [1.29, 1.82) is 0 Å². The first-order valence-electron chi connectivity index (χ1n) is 8.31. The van der Waals surface area contributed by atoms with Crippen molar-refractivity contribution in [2.75, 3.05) is 13.1 Å². The van der Waals surface area contributed by atoms with Crippen LogP contribution in [0.3, 0.4) is 0 Å². The molecule has 1 aliphatic heterocycles. The van der Waals surface area contributed by atoms with E-state index in [1.165, 1.54) is 6.42 Å². The van der Waals surface area contributed by atoms with Gasteiger partial charge in [-0.05, 0) is 32.6 Å². The van der Waals surface area contributed by atoms with Gasteiger partial charge in [0.15, 0.2) is 0 Å². The number of aliphatic carboxylic acids is 1. The van der Waals surface area contributed by atoms with Crippen LogP contribution in [0.15, 0.2) is 0 Å². The van der Waals surface area contributed by atoms with Crippen molar-refractivity contribution in [1.82, 2.24) is 10.2 Å². The highest BCUT2D eigenvalue weighted by Crippen LogP contribution is 2.24. The van der Waals surface area contributed by atoms with E-state index < -0.39 is 17.9 Å². The molecule has 1 heterocycles. The van der Waals surface area contributed by atoms with Gasteiger partial charge in [0.1, 0.15) is 6.04 Å². The van der Waals surface area contributed by atoms with Gasteiger partial charge in [-0.1, -0.05) is 19.3 Å². The number of hydrogen-bond acceptors (Lipinski definition) is 3. The monoisotopic (exact) mass is 310 g/mol. The van der Waals surface area contributed by atoms with Gasteiger partial charge in [-0.25, -0.2) is 0 Å². The summed E-state index contributed by atoms with van der Waals surface area (Å²) < 4.78 is 0. The van der Waals surface area contributed by atoms with Gasteiger partial charge in [0.25, 0.3) is 0 Å². The van der Waals surface area contributed by atoms with E-state index in [0.29, 0.717) is 19.4 Å². The number of nitrogens with zero attached hydrogens (tertiary/aromatic N) is 1. The molecule has 1 aliphatic carbocycles. The third kappa shape index (κ3) is 4.21. The molecule has 2 atom stereocenters. The number of likely N-dealkylation sites (tertiary alicyclic amines) is 1. The molecule has 22 heavy (non-hydrogen) atoms. The summed E-state index contributed by atoms with van der Waals surface area (Å²) in [7, 11) is 0. The molecule has 2 amide bonds. The Morgan fingerprint density at radius 2 is 1.68 bits per heavy atom. The van der Waals surface area contributed by atoms with E-state index in [1.807, 2.05) is 0 Å². The summed E-state index contributed by atoms with van der Waals surface area (Å²) in [4.78, 5) is 37.2. The molecule has 6 nitrogen and oxygen atoms in total. The normalized spacial score (nSPS) is 24.6. The Hall–Kier alpha value is -1.59. The van der Waals surface area contributed by atoms with Crippen molar-refractivity contribution in [3.63, 3.8) is 0 Å². The van der Waals surface area contributed by atoms with E-state index >= 15 is 0 Å². The second-order valence-electron chi connectivity index (χ2n) is 6.53. The largest absolute Gasteiger partial charge is 0.481 e. The van der Waals surface area contributed by atoms with Crippen LogP contribution in [-0.4, -0.2) is 46.9 Å². The van der Waals surface area contributed by atoms with E-state index in [1.54, 1.807) is 11.8 Å². The third-order valence-electron chi connectivity index (χ3n) is 4.79. The van der Waals surface area contributed by atoms with Crippen LogP contribution in [0, 0.1) is 11.8 Å². The molecule has 1 saturated heterocycles. The first kappa shape index (κ1) is 16.8. The van der Waals surface area contributed by atoms with Gasteiger partial charge >= 0.3 is 5.97 Å². The number of carbonyl (C=O) groups excluding carboxylic acids is 2. The maximum Gasteiger partial charge on any atom is 0.308 e. The second kappa shape index (κ2) is 7.61. The first-order chi connectivity index (χ1) is 10.5. The molecule has 0 aromatic rings. The van der Waals surface area contributed by atoms with Gasteiger partial charge in [0, 0.05) is 19.0 Å². The summed E-state index contributed by atoms with van der Waals surface area (Å²) in [6.45, 7) is 2.51. The number of hydrogen-bond donors (Lipinski definition) is 2. The molecule has 0 bridgehead atoms. The van der Waals surface area contributed by atoms with Crippen molar-refractivity contribution in [3.8, 4) is 0 Å². The summed E-state index contributed by atoms with van der Waals surface area (Å²) in [5, 5.41) is 11.9. The highest BCUT2D eigenvalue weighted by Gasteiger charge is 2.31. The first-order valence-corrected chi connectivity index (χ1v) is 8.31. The lowest BCUT2D eigenvalue weighted by Gasteiger charge is -2.33. The maximum atomic E-state index is 12.4. The van der Waals surface area contributed by atoms with E-state index in [9.17, 15) is 14.4 Å². The molecular weight excluding hydrogens is 284 g/mol. The van der Waals surface area contributed by atoms with Crippen LogP contribution < -0.4 is 5.32 Å². The van der Waals surface area contributed by atoms with Crippen LogP contribution >= 0.6 is 0 Å². The minimum Gasteiger partial charge on any atom is -0.481 e. The number of piperidine rings is 1. The highest BCUT2D eigenvalue weighted by molar-refractivity contribution is 5.88. The van der Waals surface area contributed by atoms with Crippen LogP contribution in [0.25, 0.3) is 0 Å². The van der Waals surface area contributed by atoms with Crippen molar-refractivity contribution in [2.45, 2.75) is 57.9 Å². The fraction of sp³-hybridized carbons (Fsp3) is 0.812. The van der Waals surface area contributed by atoms with Gasteiger partial charge in [0.2, 0.25) is 11.8 Å². The number of rotatable bonds is 4. The molecule has 0 aromatic carbocycles. The molecular formula is C16H26N2O4. The van der Waals surface area contributed by atoms with Crippen molar-refractivity contribution in [2.24, 2.45) is 11.8 Å². The molecule has 2 fully saturated rings. The zero-order valence-corrected chi connectivity index (χ0v) is 13.2. The van der Waals surface area contributed by atoms with E-state index in [0.717, 1.165) is 25.7 Å². The summed E-state index contributed by atoms with van der Waals surface area (Å²) in [5.41, 5.74) is 0. The van der Waals surface area contributed by atoms with E-state index in [2.05, 4.69) is 5.32 Å². The number of nitrogens with one attached hydrogen (secondary N) is 1. The number of carboxylic acids is 1. The summed E-state index contributed by atoms with van der Waals surface area (Å²) >= 11 is 0. The van der Waals surface area contributed by atoms with Gasteiger partial charge in [-0.2, -0.15) is 0 Å². The molecule has 124 valence electrons. The van der Waals surface area contributed by atoms with E-state index in [-0.39, 0.29) is 24.3 Å². The average molecular weight is 310 g/mol. The van der Waals surface area contributed by atoms with Gasteiger partial charge < -0.3 is 15.3 Å². The lowest BCUT2D eigenvalue weighted by molar-refractivity contribution is -0.147. The average Bonchev–Trinajstić information content (AvgIpc) is 2.54. The predicted octanol–water partition coefficient (Wildman–Crippen LogP) is 1.39. The van der Waals surface area contributed by atoms with Crippen molar-refractivity contribution in [3.05, 3.63) is 0 Å². The highest BCUT2D eigenvalue weighted by atomic mass is 16.4. The minimum absolute atomic E-state index is 0.0251. The Balaban J connectivity index is 1.85. The van der Waals surface area contributed by atoms with Gasteiger partial charge in [-0.15, -0.1) is 0 Å². The SMILES string of the molecule is C[C@H](NC(=O)C1CCCCC1)C(=O)N1CCC[C@H](C(=O)O)C1. The number of amides is 2. The molecule has 0 unspecified atom stereocenters. The van der Waals surface area contributed by atoms with Crippen LogP contribution in [0.4, 0.5) is 0 Å². The van der Waals surface area contributed by atoms with Crippen LogP contribution in [0.5, 0.6) is 0 Å². The van der Waals surface area contributed by atoms with E-state index in [4.69, 9.17) is 5.11 Å². The summed E-state index contributed by atoms with van der Waals surface area (Å²) in [5.74, 6) is -1.52. The van der Waals surface area contributed by atoms with Crippen LogP contribution in [0.1, 0.15) is 51.9 Å². The zero-order valence-electron chi connectivity index (χ0n) is 13.2. The number of carboxylic acid groups (broad SMARTS) is 1. The fourth-order valence-electron chi connectivity index (χ4n) is 3.41. The molecule has 2 rings (SSSR count). The molecule has 6 heteroatoms. The fourth-order valence-corrected chi connectivity index (χ4v) is 3.41. The lowest BCUT2D eigenvalue weighted by Crippen LogP contribution is -2.51. The van der Waals surface area contributed by atoms with Crippen LogP contribution in [0.2, 0.25) is 0 Å². The third-order valence-corrected chi connectivity index (χ3v) is 4.79. The zero-order chi connectivity index (χ0) is 16.1. The van der Waals surface area contributed by atoms with Gasteiger partial charge in [-0.3, -0.25) is 14.4 Å². The predicted molar refractivity (Wildman–Crippen MR) is 81.1 cm³/mol. The van der Waals surface area contributed by atoms with Crippen molar-refractivity contribution < 1.29 is 19.5 Å². The quantitative estimate of drug-likeness (QED) is 0.821. The van der Waals surface area contributed by atoms with Crippen LogP contribution in [-0.2, 0) is 14.4 Å². The molecule has 0 aromatic heterocycles. The smallest absolute Gasteiger partial charge is 0.308 e. The maximum absolute atomic E-state index is 12.4. The minimum atomic E-state index is -0.851. The Morgan fingerprint density at radius 1 is 1.05 bits per heavy atom. The second-order valence-corrected chi connectivity index (χ2v) is 6.53. The Bertz CT molecular complexity index is 432. The summed E-state index contributed by atoms with van der Waals surface area (Å²) in [6, 6.07) is -0.582. The summed E-state index contributed by atoms with van der Waals surface area (Å²) in [6.07, 6.45) is 6.45. The molecule has 0 spiro atoms. The standard InChI is InChI=1S/C16H26N2O4/c1-11(17-14(19)12-6-3-2-4-7-12)15(20)18-9-5-8-13(10-18)16(21)22/h11-13H,2-10H2,1H3,(H,17,19)(H,21,22)/t11-,13-/m0/s1. The Labute approximate surface area is 131 Å². The molecule has 1 saturated carbocycles. The number of carbonyl (C=O) groups is 3. The van der Waals surface area contributed by atoms with Gasteiger partial charge in [0.05, 0.1) is 5.92 Å². The Morgan fingerprint density at radius 3 is 2.32 bits per heavy atom. The molecule has 2 aliphatic rings.